The zero-order chi connectivity index (χ0) is 13.9. The molecule has 1 saturated heterocycles. The molecule has 1 N–H and O–H groups in total. The van der Waals surface area contributed by atoms with E-state index >= 15 is 0 Å². The number of carbonyl (C=O) groups excluding carboxylic acids is 1. The van der Waals surface area contributed by atoms with E-state index in [1.54, 1.807) is 0 Å². The molecule has 1 aliphatic rings. The Hall–Kier alpha value is -1.81. The molecule has 0 aliphatic carbocycles. The fraction of sp³-hybridized carbons (Fsp3) is 0.438. The van der Waals surface area contributed by atoms with Crippen molar-refractivity contribution in [2.24, 2.45) is 7.05 Å². The first-order valence-corrected chi connectivity index (χ1v) is 7.27. The van der Waals surface area contributed by atoms with Crippen molar-refractivity contribution in [3.8, 4) is 0 Å². The van der Waals surface area contributed by atoms with Crippen LogP contribution in [0.5, 0.6) is 0 Å². The average Bonchev–Trinajstić information content (AvgIpc) is 2.83. The van der Waals surface area contributed by atoms with Gasteiger partial charge in [-0.25, -0.2) is 0 Å². The van der Waals surface area contributed by atoms with E-state index in [1.165, 1.54) is 16.5 Å². The van der Waals surface area contributed by atoms with Gasteiger partial charge in [-0.1, -0.05) is 18.2 Å². The monoisotopic (exact) mass is 271 g/mol. The van der Waals surface area contributed by atoms with E-state index in [0.29, 0.717) is 6.42 Å². The number of hydrogen-bond acceptors (Lipinski definition) is 2. The molecule has 20 heavy (non-hydrogen) atoms. The van der Waals surface area contributed by atoms with Gasteiger partial charge in [0.2, 0.25) is 5.91 Å². The quantitative estimate of drug-likeness (QED) is 0.919. The Balaban J connectivity index is 1.69. The van der Waals surface area contributed by atoms with Crippen molar-refractivity contribution < 1.29 is 4.79 Å². The summed E-state index contributed by atoms with van der Waals surface area (Å²) in [5, 5.41) is 4.54. The lowest BCUT2D eigenvalue weighted by Gasteiger charge is -2.27. The van der Waals surface area contributed by atoms with Crippen LogP contribution in [0.4, 0.5) is 0 Å². The third-order valence-electron chi connectivity index (χ3n) is 4.06. The average molecular weight is 271 g/mol. The molecule has 106 valence electrons. The maximum atomic E-state index is 12.2. The maximum Gasteiger partial charge on any atom is 0.222 e. The summed E-state index contributed by atoms with van der Waals surface area (Å²) in [6, 6.07) is 8.37. The van der Waals surface area contributed by atoms with E-state index in [-0.39, 0.29) is 5.91 Å². The molecule has 1 amide bonds. The molecule has 0 unspecified atom stereocenters. The van der Waals surface area contributed by atoms with Crippen molar-refractivity contribution in [1.29, 1.82) is 0 Å². The van der Waals surface area contributed by atoms with Gasteiger partial charge < -0.3 is 14.8 Å². The summed E-state index contributed by atoms with van der Waals surface area (Å²) in [4.78, 5) is 14.2. The van der Waals surface area contributed by atoms with Crippen LogP contribution in [0.2, 0.25) is 0 Å². The largest absolute Gasteiger partial charge is 0.350 e. The third kappa shape index (κ3) is 2.56. The summed E-state index contributed by atoms with van der Waals surface area (Å²) in [5.41, 5.74) is 2.50. The molecule has 1 aromatic carbocycles. The van der Waals surface area contributed by atoms with Gasteiger partial charge in [-0.15, -0.1) is 0 Å². The zero-order valence-corrected chi connectivity index (χ0v) is 11.9. The highest BCUT2D eigenvalue weighted by Gasteiger charge is 2.16. The van der Waals surface area contributed by atoms with Crippen LogP contribution in [0, 0.1) is 0 Å². The zero-order valence-electron chi connectivity index (χ0n) is 11.9. The predicted molar refractivity (Wildman–Crippen MR) is 80.7 cm³/mol. The molecule has 2 aromatic rings. The van der Waals surface area contributed by atoms with E-state index in [9.17, 15) is 4.79 Å². The van der Waals surface area contributed by atoms with Crippen molar-refractivity contribution in [2.75, 3.05) is 26.2 Å². The topological polar surface area (TPSA) is 37.3 Å². The standard InChI is InChI=1S/C16H21N3O/c1-18-12-13(14-4-2-3-5-15(14)18)6-7-16(20)19-10-8-17-9-11-19/h2-5,12,17H,6-11H2,1H3. The maximum absolute atomic E-state index is 12.2. The van der Waals surface area contributed by atoms with Gasteiger partial charge in [0.05, 0.1) is 0 Å². The molecule has 0 radical (unpaired) electrons. The lowest BCUT2D eigenvalue weighted by molar-refractivity contribution is -0.131. The van der Waals surface area contributed by atoms with Gasteiger partial charge in [-0.3, -0.25) is 4.79 Å². The van der Waals surface area contributed by atoms with E-state index in [2.05, 4.69) is 47.4 Å². The van der Waals surface area contributed by atoms with Crippen LogP contribution in [0.15, 0.2) is 30.5 Å². The minimum atomic E-state index is 0.277. The summed E-state index contributed by atoms with van der Waals surface area (Å²) in [6.45, 7) is 3.52. The molecule has 1 fully saturated rings. The smallest absolute Gasteiger partial charge is 0.222 e. The number of nitrogens with zero attached hydrogens (tertiary/aromatic N) is 2. The second-order valence-corrected chi connectivity index (χ2v) is 5.41. The Morgan fingerprint density at radius 1 is 1.25 bits per heavy atom. The minimum Gasteiger partial charge on any atom is -0.350 e. The molecule has 3 rings (SSSR count). The molecule has 0 saturated carbocycles. The number of amides is 1. The van der Waals surface area contributed by atoms with Gasteiger partial charge in [-0.2, -0.15) is 0 Å². The molecule has 4 heteroatoms. The fourth-order valence-corrected chi connectivity index (χ4v) is 2.94. The van der Waals surface area contributed by atoms with Gasteiger partial charge in [0.15, 0.2) is 0 Å². The van der Waals surface area contributed by atoms with Crippen LogP contribution in [-0.4, -0.2) is 41.6 Å². The molecule has 1 aromatic heterocycles. The third-order valence-corrected chi connectivity index (χ3v) is 4.06. The van der Waals surface area contributed by atoms with Crippen LogP contribution in [-0.2, 0) is 18.3 Å². The molecular formula is C16H21N3O. The fourth-order valence-electron chi connectivity index (χ4n) is 2.94. The summed E-state index contributed by atoms with van der Waals surface area (Å²) >= 11 is 0. The van der Waals surface area contributed by atoms with Crippen molar-refractivity contribution in [2.45, 2.75) is 12.8 Å². The predicted octanol–water partition coefficient (Wildman–Crippen LogP) is 1.54. The number of aromatic nitrogens is 1. The van der Waals surface area contributed by atoms with Gasteiger partial charge in [0.1, 0.15) is 0 Å². The first kappa shape index (κ1) is 13.2. The second kappa shape index (κ2) is 5.67. The number of fused-ring (bicyclic) bond motifs is 1. The van der Waals surface area contributed by atoms with Crippen molar-refractivity contribution in [3.05, 3.63) is 36.0 Å². The number of nitrogens with one attached hydrogen (secondary N) is 1. The number of rotatable bonds is 3. The Labute approximate surface area is 119 Å². The highest BCUT2D eigenvalue weighted by atomic mass is 16.2. The Morgan fingerprint density at radius 3 is 2.80 bits per heavy atom. The summed E-state index contributed by atoms with van der Waals surface area (Å²) < 4.78 is 2.14. The number of piperazine rings is 1. The van der Waals surface area contributed by atoms with E-state index in [0.717, 1.165) is 32.6 Å². The number of para-hydroxylation sites is 1. The summed E-state index contributed by atoms with van der Waals surface area (Å²) in [6.07, 6.45) is 3.58. The molecule has 2 heterocycles. The first-order chi connectivity index (χ1) is 9.75. The van der Waals surface area contributed by atoms with Gasteiger partial charge in [-0.05, 0) is 18.1 Å². The summed E-state index contributed by atoms with van der Waals surface area (Å²) in [5.74, 6) is 0.277. The highest BCUT2D eigenvalue weighted by Crippen LogP contribution is 2.21. The van der Waals surface area contributed by atoms with Crippen molar-refractivity contribution >= 4 is 16.8 Å². The van der Waals surface area contributed by atoms with Gasteiger partial charge in [0.25, 0.3) is 0 Å². The van der Waals surface area contributed by atoms with Crippen LogP contribution in [0.1, 0.15) is 12.0 Å². The highest BCUT2D eigenvalue weighted by molar-refractivity contribution is 5.85. The second-order valence-electron chi connectivity index (χ2n) is 5.41. The number of benzene rings is 1. The summed E-state index contributed by atoms with van der Waals surface area (Å²) in [7, 11) is 2.06. The normalized spacial score (nSPS) is 15.8. The first-order valence-electron chi connectivity index (χ1n) is 7.27. The lowest BCUT2D eigenvalue weighted by Crippen LogP contribution is -2.46. The van der Waals surface area contributed by atoms with E-state index < -0.39 is 0 Å². The molecule has 0 atom stereocenters. The number of hydrogen-bond donors (Lipinski definition) is 1. The van der Waals surface area contributed by atoms with E-state index in [1.807, 2.05) is 4.90 Å². The van der Waals surface area contributed by atoms with Crippen LogP contribution < -0.4 is 5.32 Å². The lowest BCUT2D eigenvalue weighted by atomic mass is 10.1. The molecule has 0 bridgehead atoms. The SMILES string of the molecule is Cn1cc(CCC(=O)N2CCNCC2)c2ccccc21. The number of aryl methyl sites for hydroxylation is 2. The number of carbonyl (C=O) groups is 1. The molecule has 1 aliphatic heterocycles. The van der Waals surface area contributed by atoms with Crippen LogP contribution in [0.3, 0.4) is 0 Å². The van der Waals surface area contributed by atoms with Gasteiger partial charge >= 0.3 is 0 Å². The Kier molecular flexibility index (Phi) is 3.74. The minimum absolute atomic E-state index is 0.277. The van der Waals surface area contributed by atoms with Crippen molar-refractivity contribution in [1.82, 2.24) is 14.8 Å². The van der Waals surface area contributed by atoms with Gasteiger partial charge in [0, 0.05) is 56.7 Å². The molecule has 0 spiro atoms. The van der Waals surface area contributed by atoms with Crippen molar-refractivity contribution in [3.63, 3.8) is 0 Å². The Morgan fingerprint density at radius 2 is 2.00 bits per heavy atom. The van der Waals surface area contributed by atoms with Crippen LogP contribution >= 0.6 is 0 Å². The van der Waals surface area contributed by atoms with Crippen LogP contribution in [0.25, 0.3) is 10.9 Å². The molecular weight excluding hydrogens is 250 g/mol. The molecule has 4 nitrogen and oxygen atoms in total. The van der Waals surface area contributed by atoms with E-state index in [4.69, 9.17) is 0 Å². The Bertz CT molecular complexity index is 611.